The summed E-state index contributed by atoms with van der Waals surface area (Å²) in [5.41, 5.74) is 2.77. The Kier molecular flexibility index (Phi) is 4.14. The first-order chi connectivity index (χ1) is 8.72. The third kappa shape index (κ3) is 2.79. The van der Waals surface area contributed by atoms with Gasteiger partial charge in [-0.25, -0.2) is 0 Å². The van der Waals surface area contributed by atoms with Crippen molar-refractivity contribution in [3.05, 3.63) is 66.0 Å². The van der Waals surface area contributed by atoms with Crippen LogP contribution >= 0.6 is 0 Å². The summed E-state index contributed by atoms with van der Waals surface area (Å²) >= 11 is 0. The fourth-order valence-electron chi connectivity index (χ4n) is 2.34. The fourth-order valence-corrected chi connectivity index (χ4v) is 2.34. The fraction of sp³-hybridized carbons (Fsp3) is 0.353. The molecule has 0 spiro atoms. The van der Waals surface area contributed by atoms with E-state index < -0.39 is 0 Å². The summed E-state index contributed by atoms with van der Waals surface area (Å²) in [7, 11) is 0. The van der Waals surface area contributed by atoms with E-state index in [-0.39, 0.29) is 0 Å². The van der Waals surface area contributed by atoms with E-state index in [1.54, 1.807) is 0 Å². The molecule has 0 aliphatic rings. The SMILES string of the molecule is CCC(c1ccccc1)[n+]1ccc(C(C)C)cc1. The lowest BCUT2D eigenvalue weighted by atomic mass is 10.0. The molecular weight excluding hydrogens is 218 g/mol. The molecule has 0 radical (unpaired) electrons. The molecule has 0 amide bonds. The van der Waals surface area contributed by atoms with Crippen LogP contribution in [-0.2, 0) is 0 Å². The van der Waals surface area contributed by atoms with Gasteiger partial charge in [0.1, 0.15) is 0 Å². The first-order valence-electron chi connectivity index (χ1n) is 6.78. The van der Waals surface area contributed by atoms with E-state index in [4.69, 9.17) is 0 Å². The maximum atomic E-state index is 2.31. The average molecular weight is 240 g/mol. The third-order valence-corrected chi connectivity index (χ3v) is 3.48. The van der Waals surface area contributed by atoms with Gasteiger partial charge >= 0.3 is 0 Å². The summed E-state index contributed by atoms with van der Waals surface area (Å²) < 4.78 is 2.31. The second-order valence-electron chi connectivity index (χ2n) is 5.07. The Bertz CT molecular complexity index is 471. The van der Waals surface area contributed by atoms with Crippen molar-refractivity contribution < 1.29 is 4.57 Å². The highest BCUT2D eigenvalue weighted by Gasteiger charge is 2.18. The molecule has 1 heterocycles. The second kappa shape index (κ2) is 5.81. The zero-order chi connectivity index (χ0) is 13.0. The molecular formula is C17H22N+. The molecule has 0 N–H and O–H groups in total. The summed E-state index contributed by atoms with van der Waals surface area (Å²) in [6, 6.07) is 15.6. The van der Waals surface area contributed by atoms with Gasteiger partial charge in [-0.3, -0.25) is 0 Å². The van der Waals surface area contributed by atoms with E-state index in [9.17, 15) is 0 Å². The molecule has 0 saturated heterocycles. The van der Waals surface area contributed by atoms with E-state index in [0.717, 1.165) is 6.42 Å². The van der Waals surface area contributed by atoms with Gasteiger partial charge in [-0.2, -0.15) is 4.57 Å². The van der Waals surface area contributed by atoms with Gasteiger partial charge < -0.3 is 0 Å². The van der Waals surface area contributed by atoms with Crippen LogP contribution in [0.3, 0.4) is 0 Å². The maximum Gasteiger partial charge on any atom is 0.183 e. The topological polar surface area (TPSA) is 3.88 Å². The highest BCUT2D eigenvalue weighted by Crippen LogP contribution is 2.17. The molecule has 0 aliphatic carbocycles. The molecule has 0 saturated carbocycles. The number of rotatable bonds is 4. The first kappa shape index (κ1) is 12.8. The Hall–Kier alpha value is -1.63. The van der Waals surface area contributed by atoms with E-state index in [2.05, 4.69) is 80.2 Å². The molecule has 0 bridgehead atoms. The summed E-state index contributed by atoms with van der Waals surface area (Å²) in [5.74, 6) is 0.594. The zero-order valence-corrected chi connectivity index (χ0v) is 11.5. The predicted molar refractivity (Wildman–Crippen MR) is 75.6 cm³/mol. The summed E-state index contributed by atoms with van der Waals surface area (Å²) in [5, 5.41) is 0. The van der Waals surface area contributed by atoms with Crippen molar-refractivity contribution in [2.24, 2.45) is 0 Å². The summed E-state index contributed by atoms with van der Waals surface area (Å²) in [4.78, 5) is 0. The lowest BCUT2D eigenvalue weighted by Crippen LogP contribution is -2.39. The third-order valence-electron chi connectivity index (χ3n) is 3.48. The summed E-state index contributed by atoms with van der Waals surface area (Å²) in [6.45, 7) is 6.70. The van der Waals surface area contributed by atoms with Crippen molar-refractivity contribution in [3.63, 3.8) is 0 Å². The Morgan fingerprint density at radius 2 is 1.50 bits per heavy atom. The molecule has 94 valence electrons. The second-order valence-corrected chi connectivity index (χ2v) is 5.07. The van der Waals surface area contributed by atoms with Gasteiger partial charge in [0.2, 0.25) is 0 Å². The first-order valence-corrected chi connectivity index (χ1v) is 6.78. The monoisotopic (exact) mass is 240 g/mol. The van der Waals surface area contributed by atoms with Gasteiger partial charge in [-0.1, -0.05) is 51.1 Å². The van der Waals surface area contributed by atoms with Crippen LogP contribution in [0.5, 0.6) is 0 Å². The van der Waals surface area contributed by atoms with Crippen LogP contribution in [0.15, 0.2) is 54.9 Å². The molecule has 18 heavy (non-hydrogen) atoms. The van der Waals surface area contributed by atoms with Crippen LogP contribution in [0, 0.1) is 0 Å². The Morgan fingerprint density at radius 3 is 2.00 bits per heavy atom. The van der Waals surface area contributed by atoms with Crippen LogP contribution in [0.25, 0.3) is 0 Å². The maximum absolute atomic E-state index is 2.31. The quantitative estimate of drug-likeness (QED) is 0.708. The number of pyridine rings is 1. The van der Waals surface area contributed by atoms with Gasteiger partial charge in [0.25, 0.3) is 0 Å². The van der Waals surface area contributed by atoms with E-state index in [1.165, 1.54) is 11.1 Å². The van der Waals surface area contributed by atoms with Crippen molar-refractivity contribution >= 4 is 0 Å². The Labute approximate surface area is 110 Å². The summed E-state index contributed by atoms with van der Waals surface area (Å²) in [6.07, 6.45) is 5.52. The largest absolute Gasteiger partial charge is 0.198 e. The average Bonchev–Trinajstić information content (AvgIpc) is 2.41. The minimum Gasteiger partial charge on any atom is -0.198 e. The number of hydrogen-bond acceptors (Lipinski definition) is 0. The minimum absolute atomic E-state index is 0.437. The highest BCUT2D eigenvalue weighted by molar-refractivity contribution is 5.17. The standard InChI is InChI=1S/C17H22N/c1-4-17(16-8-6-5-7-9-16)18-12-10-15(11-13-18)14(2)3/h5-14,17H,4H2,1-3H3/q+1. The van der Waals surface area contributed by atoms with Crippen LogP contribution in [0.1, 0.15) is 50.3 Å². The lowest BCUT2D eigenvalue weighted by Gasteiger charge is -2.11. The number of hydrogen-bond donors (Lipinski definition) is 0. The van der Waals surface area contributed by atoms with Crippen molar-refractivity contribution in [2.75, 3.05) is 0 Å². The van der Waals surface area contributed by atoms with Crippen LogP contribution in [0.2, 0.25) is 0 Å². The van der Waals surface area contributed by atoms with Crippen molar-refractivity contribution in [1.82, 2.24) is 0 Å². The molecule has 0 fully saturated rings. The number of aromatic nitrogens is 1. The van der Waals surface area contributed by atoms with E-state index in [1.807, 2.05) is 0 Å². The lowest BCUT2D eigenvalue weighted by molar-refractivity contribution is -0.714. The molecule has 0 aliphatic heterocycles. The number of nitrogens with zero attached hydrogens (tertiary/aromatic N) is 1. The normalized spacial score (nSPS) is 12.7. The Balaban J connectivity index is 2.28. The molecule has 2 rings (SSSR count). The van der Waals surface area contributed by atoms with E-state index >= 15 is 0 Å². The van der Waals surface area contributed by atoms with Gasteiger partial charge in [-0.05, 0) is 11.5 Å². The van der Waals surface area contributed by atoms with Crippen LogP contribution in [-0.4, -0.2) is 0 Å². The zero-order valence-electron chi connectivity index (χ0n) is 11.5. The van der Waals surface area contributed by atoms with Crippen molar-refractivity contribution in [2.45, 2.75) is 39.2 Å². The predicted octanol–water partition coefficient (Wildman–Crippen LogP) is 4.10. The van der Waals surface area contributed by atoms with Gasteiger partial charge in [0, 0.05) is 24.1 Å². The van der Waals surface area contributed by atoms with Crippen molar-refractivity contribution in [3.8, 4) is 0 Å². The number of benzene rings is 1. The van der Waals surface area contributed by atoms with Crippen LogP contribution < -0.4 is 4.57 Å². The molecule has 1 nitrogen and oxygen atoms in total. The van der Waals surface area contributed by atoms with Gasteiger partial charge in [-0.15, -0.1) is 0 Å². The Morgan fingerprint density at radius 1 is 0.889 bits per heavy atom. The van der Waals surface area contributed by atoms with Crippen LogP contribution in [0.4, 0.5) is 0 Å². The van der Waals surface area contributed by atoms with E-state index in [0.29, 0.717) is 12.0 Å². The smallest absolute Gasteiger partial charge is 0.183 e. The van der Waals surface area contributed by atoms with Gasteiger partial charge in [0.15, 0.2) is 18.4 Å². The molecule has 1 atom stereocenters. The molecule has 2 aromatic rings. The minimum atomic E-state index is 0.437. The molecule has 1 unspecified atom stereocenters. The molecule has 1 aromatic heterocycles. The van der Waals surface area contributed by atoms with Gasteiger partial charge in [0.05, 0.1) is 0 Å². The highest BCUT2D eigenvalue weighted by atomic mass is 15.0. The molecule has 1 heteroatoms. The van der Waals surface area contributed by atoms with Crippen molar-refractivity contribution in [1.29, 1.82) is 0 Å². The molecule has 1 aromatic carbocycles.